The topological polar surface area (TPSA) is 71.5 Å². The van der Waals surface area contributed by atoms with Gasteiger partial charge in [0.2, 0.25) is 17.7 Å². The third-order valence-corrected chi connectivity index (χ3v) is 5.37. The minimum atomic E-state index is -0.218. The first-order valence-electron chi connectivity index (χ1n) is 9.38. The van der Waals surface area contributed by atoms with Crippen molar-refractivity contribution in [1.82, 2.24) is 15.2 Å². The molecule has 4 rings (SSSR count). The molecule has 2 heterocycles. The van der Waals surface area contributed by atoms with Crippen LogP contribution in [0.5, 0.6) is 5.88 Å². The fraction of sp³-hybridized carbons (Fsp3) is 0.632. The summed E-state index contributed by atoms with van der Waals surface area (Å²) in [7, 11) is 0. The van der Waals surface area contributed by atoms with E-state index in [0.29, 0.717) is 31.4 Å². The lowest BCUT2D eigenvalue weighted by atomic mass is 10.1. The molecule has 2 amide bonds. The average molecular weight is 343 g/mol. The molecule has 2 aliphatic carbocycles. The van der Waals surface area contributed by atoms with Crippen LogP contribution in [0.4, 0.5) is 0 Å². The van der Waals surface area contributed by atoms with Crippen LogP contribution in [0, 0.1) is 5.92 Å². The number of amides is 2. The number of hydrogen-bond acceptors (Lipinski definition) is 4. The Labute approximate surface area is 147 Å². The standard InChI is InChI=1S/C19H25N3O3/c23-18-10-14(12-22(18)15-5-6-15)19(24)21-11-13-7-8-20-17(9-13)25-16-3-1-2-4-16/h7-9,14-16H,1-6,10-12H2,(H,21,24)/t14-/m1/s1. The number of aromatic nitrogens is 1. The van der Waals surface area contributed by atoms with Crippen LogP contribution < -0.4 is 10.1 Å². The lowest BCUT2D eigenvalue weighted by molar-refractivity contribution is -0.129. The smallest absolute Gasteiger partial charge is 0.225 e. The molecule has 134 valence electrons. The fourth-order valence-electron chi connectivity index (χ4n) is 3.78. The summed E-state index contributed by atoms with van der Waals surface area (Å²) in [5.74, 6) is 0.504. The number of nitrogens with one attached hydrogen (secondary N) is 1. The molecule has 25 heavy (non-hydrogen) atoms. The second-order valence-corrected chi connectivity index (χ2v) is 7.42. The molecule has 0 aromatic carbocycles. The van der Waals surface area contributed by atoms with E-state index in [9.17, 15) is 9.59 Å². The summed E-state index contributed by atoms with van der Waals surface area (Å²) in [6.45, 7) is 1.01. The number of rotatable bonds is 6. The van der Waals surface area contributed by atoms with Crippen LogP contribution in [0.3, 0.4) is 0 Å². The van der Waals surface area contributed by atoms with E-state index < -0.39 is 0 Å². The summed E-state index contributed by atoms with van der Waals surface area (Å²) < 4.78 is 5.91. The predicted octanol–water partition coefficient (Wildman–Crippen LogP) is 2.03. The van der Waals surface area contributed by atoms with Crippen LogP contribution in [0.2, 0.25) is 0 Å². The Bertz CT molecular complexity index is 653. The third-order valence-electron chi connectivity index (χ3n) is 5.37. The van der Waals surface area contributed by atoms with Crippen molar-refractivity contribution in [2.75, 3.05) is 6.54 Å². The Balaban J connectivity index is 1.29. The van der Waals surface area contributed by atoms with E-state index in [2.05, 4.69) is 10.3 Å². The molecule has 1 atom stereocenters. The molecule has 0 spiro atoms. The first-order valence-corrected chi connectivity index (χ1v) is 9.38. The minimum Gasteiger partial charge on any atom is -0.474 e. The molecule has 1 N–H and O–H groups in total. The van der Waals surface area contributed by atoms with Crippen molar-refractivity contribution in [2.45, 2.75) is 63.6 Å². The highest BCUT2D eigenvalue weighted by Gasteiger charge is 2.41. The van der Waals surface area contributed by atoms with Gasteiger partial charge in [-0.05, 0) is 50.2 Å². The monoisotopic (exact) mass is 343 g/mol. The predicted molar refractivity (Wildman–Crippen MR) is 91.8 cm³/mol. The van der Waals surface area contributed by atoms with Crippen LogP contribution in [0.25, 0.3) is 0 Å². The highest BCUT2D eigenvalue weighted by molar-refractivity contribution is 5.89. The van der Waals surface area contributed by atoms with Gasteiger partial charge in [0.15, 0.2) is 0 Å². The van der Waals surface area contributed by atoms with Crippen molar-refractivity contribution in [3.8, 4) is 5.88 Å². The second-order valence-electron chi connectivity index (χ2n) is 7.42. The van der Waals surface area contributed by atoms with Gasteiger partial charge < -0.3 is 15.0 Å². The average Bonchev–Trinajstić information content (AvgIpc) is 3.18. The molecule has 3 fully saturated rings. The number of carbonyl (C=O) groups is 2. The highest BCUT2D eigenvalue weighted by atomic mass is 16.5. The summed E-state index contributed by atoms with van der Waals surface area (Å²) in [5, 5.41) is 2.96. The Morgan fingerprint density at radius 2 is 2.08 bits per heavy atom. The summed E-state index contributed by atoms with van der Waals surface area (Å²) in [6.07, 6.45) is 9.13. The Morgan fingerprint density at radius 3 is 2.84 bits per heavy atom. The number of likely N-dealkylation sites (tertiary alicyclic amines) is 1. The maximum absolute atomic E-state index is 12.4. The van der Waals surface area contributed by atoms with E-state index in [1.807, 2.05) is 17.0 Å². The lowest BCUT2D eigenvalue weighted by Gasteiger charge is -2.15. The van der Waals surface area contributed by atoms with Crippen molar-refractivity contribution >= 4 is 11.8 Å². The Hall–Kier alpha value is -2.11. The number of carbonyl (C=O) groups excluding carboxylic acids is 2. The van der Waals surface area contributed by atoms with E-state index in [1.165, 1.54) is 12.8 Å². The van der Waals surface area contributed by atoms with Gasteiger partial charge in [0.25, 0.3) is 0 Å². The molecule has 1 aromatic rings. The van der Waals surface area contributed by atoms with Gasteiger partial charge in [-0.15, -0.1) is 0 Å². The first-order chi connectivity index (χ1) is 12.2. The molecule has 3 aliphatic rings. The van der Waals surface area contributed by atoms with Crippen LogP contribution in [0.15, 0.2) is 18.3 Å². The van der Waals surface area contributed by atoms with E-state index in [1.54, 1.807) is 6.20 Å². The van der Waals surface area contributed by atoms with Gasteiger partial charge in [-0.25, -0.2) is 4.98 Å². The van der Waals surface area contributed by atoms with Gasteiger partial charge in [-0.1, -0.05) is 0 Å². The minimum absolute atomic E-state index is 0.0356. The zero-order chi connectivity index (χ0) is 17.2. The van der Waals surface area contributed by atoms with Crippen molar-refractivity contribution in [3.63, 3.8) is 0 Å². The normalized spacial score (nSPS) is 23.9. The summed E-state index contributed by atoms with van der Waals surface area (Å²) in [4.78, 5) is 30.5. The van der Waals surface area contributed by atoms with Gasteiger partial charge >= 0.3 is 0 Å². The first kappa shape index (κ1) is 16.4. The molecule has 0 unspecified atom stereocenters. The van der Waals surface area contributed by atoms with Gasteiger partial charge in [0.1, 0.15) is 6.10 Å². The summed E-state index contributed by atoms with van der Waals surface area (Å²) in [5.41, 5.74) is 0.972. The molecule has 6 heteroatoms. The highest BCUT2D eigenvalue weighted by Crippen LogP contribution is 2.32. The zero-order valence-corrected chi connectivity index (χ0v) is 14.4. The van der Waals surface area contributed by atoms with Crippen molar-refractivity contribution in [2.24, 2.45) is 5.92 Å². The largest absolute Gasteiger partial charge is 0.474 e. The van der Waals surface area contributed by atoms with Crippen LogP contribution in [0.1, 0.15) is 50.5 Å². The number of hydrogen-bond donors (Lipinski definition) is 1. The van der Waals surface area contributed by atoms with Crippen LogP contribution in [-0.2, 0) is 16.1 Å². The number of nitrogens with zero attached hydrogens (tertiary/aromatic N) is 2. The summed E-state index contributed by atoms with van der Waals surface area (Å²) >= 11 is 0. The van der Waals surface area contributed by atoms with Gasteiger partial charge in [-0.3, -0.25) is 9.59 Å². The van der Waals surface area contributed by atoms with E-state index in [4.69, 9.17) is 4.74 Å². The molecular formula is C19H25N3O3. The molecule has 2 saturated carbocycles. The molecule has 1 aliphatic heterocycles. The molecular weight excluding hydrogens is 318 g/mol. The van der Waals surface area contributed by atoms with Gasteiger partial charge in [-0.2, -0.15) is 0 Å². The quantitative estimate of drug-likeness (QED) is 0.858. The van der Waals surface area contributed by atoms with E-state index in [0.717, 1.165) is 31.2 Å². The van der Waals surface area contributed by atoms with E-state index in [-0.39, 0.29) is 23.8 Å². The zero-order valence-electron chi connectivity index (χ0n) is 14.4. The molecule has 1 aromatic heterocycles. The van der Waals surface area contributed by atoms with Crippen molar-refractivity contribution < 1.29 is 14.3 Å². The second kappa shape index (κ2) is 7.02. The maximum Gasteiger partial charge on any atom is 0.225 e. The lowest BCUT2D eigenvalue weighted by Crippen LogP contribution is -2.33. The van der Waals surface area contributed by atoms with Crippen LogP contribution in [-0.4, -0.2) is 40.4 Å². The maximum atomic E-state index is 12.4. The Morgan fingerprint density at radius 1 is 1.28 bits per heavy atom. The van der Waals surface area contributed by atoms with Crippen molar-refractivity contribution in [3.05, 3.63) is 23.9 Å². The molecule has 0 radical (unpaired) electrons. The molecule has 0 bridgehead atoms. The van der Waals surface area contributed by atoms with Gasteiger partial charge in [0, 0.05) is 37.8 Å². The summed E-state index contributed by atoms with van der Waals surface area (Å²) in [6, 6.07) is 4.17. The third kappa shape index (κ3) is 3.94. The van der Waals surface area contributed by atoms with Crippen molar-refractivity contribution in [1.29, 1.82) is 0 Å². The van der Waals surface area contributed by atoms with E-state index >= 15 is 0 Å². The number of ether oxygens (including phenoxy) is 1. The number of pyridine rings is 1. The fourth-order valence-corrected chi connectivity index (χ4v) is 3.78. The Kier molecular flexibility index (Phi) is 4.59. The molecule has 1 saturated heterocycles. The van der Waals surface area contributed by atoms with Gasteiger partial charge in [0.05, 0.1) is 5.92 Å². The molecule has 6 nitrogen and oxygen atoms in total. The van der Waals surface area contributed by atoms with Crippen LogP contribution >= 0.6 is 0 Å². The SMILES string of the molecule is O=C(NCc1ccnc(OC2CCCC2)c1)[C@@H]1CC(=O)N(C2CC2)C1.